The largest absolute Gasteiger partial charge is 0.264 e. The van der Waals surface area contributed by atoms with E-state index in [-0.39, 0.29) is 0 Å². The first-order valence-corrected chi connectivity index (χ1v) is 4.08. The number of nitrogens with zero attached hydrogens (tertiary/aromatic N) is 1. The second-order valence-corrected chi connectivity index (χ2v) is 2.49. The minimum Gasteiger partial charge on any atom is -0.264 e. The van der Waals surface area contributed by atoms with E-state index in [4.69, 9.17) is 0 Å². The maximum Gasteiger partial charge on any atom is 0.0343 e. The summed E-state index contributed by atoms with van der Waals surface area (Å²) in [6, 6.07) is 2.01. The summed E-state index contributed by atoms with van der Waals surface area (Å²) >= 11 is 0. The highest BCUT2D eigenvalue weighted by atomic mass is 14.6. The first kappa shape index (κ1) is 8.72. The lowest BCUT2D eigenvalue weighted by atomic mass is 10.2. The van der Waals surface area contributed by atoms with Gasteiger partial charge in [-0.25, -0.2) is 0 Å². The van der Waals surface area contributed by atoms with Gasteiger partial charge in [-0.05, 0) is 30.4 Å². The Morgan fingerprint density at radius 3 is 2.75 bits per heavy atom. The van der Waals surface area contributed by atoms with Gasteiger partial charge < -0.3 is 0 Å². The van der Waals surface area contributed by atoms with Crippen molar-refractivity contribution in [2.45, 2.75) is 13.8 Å². The topological polar surface area (TPSA) is 12.9 Å². The van der Waals surface area contributed by atoms with Crippen LogP contribution < -0.4 is 10.4 Å². The van der Waals surface area contributed by atoms with E-state index in [1.807, 2.05) is 44.5 Å². The van der Waals surface area contributed by atoms with E-state index in [0.717, 1.165) is 0 Å². The van der Waals surface area contributed by atoms with Crippen molar-refractivity contribution in [1.82, 2.24) is 4.98 Å². The Hall–Kier alpha value is -1.37. The smallest absolute Gasteiger partial charge is 0.0343 e. The van der Waals surface area contributed by atoms with Crippen molar-refractivity contribution in [3.63, 3.8) is 0 Å². The highest BCUT2D eigenvalue weighted by Crippen LogP contribution is 1.71. The Labute approximate surface area is 72.8 Å². The van der Waals surface area contributed by atoms with Gasteiger partial charge in [-0.3, -0.25) is 4.98 Å². The Kier molecular flexibility index (Phi) is 3.27. The van der Waals surface area contributed by atoms with E-state index in [1.165, 1.54) is 10.4 Å². The molecule has 0 aliphatic heterocycles. The molecule has 12 heavy (non-hydrogen) atoms. The SMILES string of the molecule is C\C=C/C=c1/ccnc/c1=C/C. The maximum atomic E-state index is 4.05. The van der Waals surface area contributed by atoms with Gasteiger partial charge in [0.15, 0.2) is 0 Å². The van der Waals surface area contributed by atoms with Gasteiger partial charge >= 0.3 is 0 Å². The molecule has 1 heterocycles. The molecule has 0 fully saturated rings. The van der Waals surface area contributed by atoms with Crippen molar-refractivity contribution in [3.05, 3.63) is 41.0 Å². The third-order valence-electron chi connectivity index (χ3n) is 1.67. The Morgan fingerprint density at radius 2 is 2.08 bits per heavy atom. The van der Waals surface area contributed by atoms with Gasteiger partial charge in [-0.15, -0.1) is 0 Å². The van der Waals surface area contributed by atoms with Crippen LogP contribution in [0.4, 0.5) is 0 Å². The summed E-state index contributed by atoms with van der Waals surface area (Å²) in [7, 11) is 0. The fourth-order valence-corrected chi connectivity index (χ4v) is 1.01. The molecule has 0 N–H and O–H groups in total. The molecule has 0 saturated heterocycles. The molecule has 0 bridgehead atoms. The Balaban J connectivity index is 3.33. The van der Waals surface area contributed by atoms with E-state index in [1.54, 1.807) is 0 Å². The van der Waals surface area contributed by atoms with Crippen LogP contribution in [0.3, 0.4) is 0 Å². The number of pyridine rings is 1. The highest BCUT2D eigenvalue weighted by molar-refractivity contribution is 5.37. The zero-order valence-electron chi connectivity index (χ0n) is 7.49. The monoisotopic (exact) mass is 159 g/mol. The molecule has 0 amide bonds. The van der Waals surface area contributed by atoms with Crippen molar-refractivity contribution in [2.75, 3.05) is 0 Å². The molecular formula is C11H13N. The van der Waals surface area contributed by atoms with E-state index < -0.39 is 0 Å². The third kappa shape index (κ3) is 2.06. The van der Waals surface area contributed by atoms with Gasteiger partial charge in [0.25, 0.3) is 0 Å². The van der Waals surface area contributed by atoms with Gasteiger partial charge in [0.05, 0.1) is 0 Å². The van der Waals surface area contributed by atoms with Crippen molar-refractivity contribution in [3.8, 4) is 0 Å². The Morgan fingerprint density at radius 1 is 1.25 bits per heavy atom. The quantitative estimate of drug-likeness (QED) is 0.600. The zero-order chi connectivity index (χ0) is 8.81. The molecular weight excluding hydrogens is 146 g/mol. The Bertz CT molecular complexity index is 374. The van der Waals surface area contributed by atoms with Crippen LogP contribution in [0, 0.1) is 0 Å². The van der Waals surface area contributed by atoms with Crippen molar-refractivity contribution in [2.24, 2.45) is 0 Å². The lowest BCUT2D eigenvalue weighted by Gasteiger charge is -1.85. The first-order chi connectivity index (χ1) is 5.88. The number of hydrogen-bond donors (Lipinski definition) is 0. The highest BCUT2D eigenvalue weighted by Gasteiger charge is 1.79. The molecule has 1 heteroatoms. The van der Waals surface area contributed by atoms with Crippen molar-refractivity contribution >= 4 is 12.2 Å². The predicted molar refractivity (Wildman–Crippen MR) is 52.9 cm³/mol. The van der Waals surface area contributed by atoms with Gasteiger partial charge in [-0.2, -0.15) is 0 Å². The molecule has 1 aromatic rings. The van der Waals surface area contributed by atoms with Crippen LogP contribution in [0.5, 0.6) is 0 Å². The van der Waals surface area contributed by atoms with E-state index >= 15 is 0 Å². The van der Waals surface area contributed by atoms with E-state index in [2.05, 4.69) is 17.1 Å². The molecule has 0 aliphatic rings. The van der Waals surface area contributed by atoms with Crippen LogP contribution in [0.1, 0.15) is 13.8 Å². The van der Waals surface area contributed by atoms with Crippen LogP contribution in [0.2, 0.25) is 0 Å². The minimum absolute atomic E-state index is 1.18. The normalized spacial score (nSPS) is 14.5. The van der Waals surface area contributed by atoms with E-state index in [0.29, 0.717) is 0 Å². The fraction of sp³-hybridized carbons (Fsp3) is 0.182. The number of hydrogen-bond acceptors (Lipinski definition) is 1. The third-order valence-corrected chi connectivity index (χ3v) is 1.67. The molecule has 1 nitrogen and oxygen atoms in total. The molecule has 0 aliphatic carbocycles. The zero-order valence-corrected chi connectivity index (χ0v) is 7.49. The van der Waals surface area contributed by atoms with Gasteiger partial charge in [0, 0.05) is 12.4 Å². The van der Waals surface area contributed by atoms with Crippen LogP contribution in [-0.2, 0) is 0 Å². The number of allylic oxidation sites excluding steroid dienone is 2. The summed E-state index contributed by atoms with van der Waals surface area (Å²) in [6.07, 6.45) is 11.9. The average Bonchev–Trinajstić information content (AvgIpc) is 2.15. The molecule has 0 spiro atoms. The van der Waals surface area contributed by atoms with Crippen LogP contribution in [0.25, 0.3) is 12.2 Å². The number of aromatic nitrogens is 1. The summed E-state index contributed by atoms with van der Waals surface area (Å²) in [6.45, 7) is 4.02. The van der Waals surface area contributed by atoms with Gasteiger partial charge in [0.2, 0.25) is 0 Å². The molecule has 62 valence electrons. The first-order valence-electron chi connectivity index (χ1n) is 4.08. The molecule has 0 atom stereocenters. The summed E-state index contributed by atoms with van der Waals surface area (Å²) in [5.74, 6) is 0. The predicted octanol–water partition coefficient (Wildman–Crippen LogP) is 1.24. The van der Waals surface area contributed by atoms with Crippen LogP contribution >= 0.6 is 0 Å². The van der Waals surface area contributed by atoms with Crippen molar-refractivity contribution < 1.29 is 0 Å². The maximum absolute atomic E-state index is 4.05. The minimum atomic E-state index is 1.18. The molecule has 0 radical (unpaired) electrons. The van der Waals surface area contributed by atoms with Crippen molar-refractivity contribution in [1.29, 1.82) is 0 Å². The average molecular weight is 159 g/mol. The lowest BCUT2D eigenvalue weighted by Crippen LogP contribution is -2.23. The molecule has 0 saturated carbocycles. The fourth-order valence-electron chi connectivity index (χ4n) is 1.01. The number of rotatable bonds is 1. The second kappa shape index (κ2) is 4.50. The van der Waals surface area contributed by atoms with Gasteiger partial charge in [0.1, 0.15) is 0 Å². The molecule has 1 rings (SSSR count). The van der Waals surface area contributed by atoms with Crippen LogP contribution in [-0.4, -0.2) is 4.98 Å². The molecule has 1 aromatic heterocycles. The van der Waals surface area contributed by atoms with Gasteiger partial charge in [-0.1, -0.05) is 24.3 Å². The molecule has 0 aromatic carbocycles. The van der Waals surface area contributed by atoms with Crippen LogP contribution in [0.15, 0.2) is 30.6 Å². The molecule has 0 unspecified atom stereocenters. The second-order valence-electron chi connectivity index (χ2n) is 2.49. The summed E-state index contributed by atoms with van der Waals surface area (Å²) in [5, 5.41) is 2.39. The summed E-state index contributed by atoms with van der Waals surface area (Å²) < 4.78 is 0. The van der Waals surface area contributed by atoms with E-state index in [9.17, 15) is 0 Å². The summed E-state index contributed by atoms with van der Waals surface area (Å²) in [5.41, 5.74) is 0. The lowest BCUT2D eigenvalue weighted by molar-refractivity contribution is 1.27. The standard InChI is InChI=1S/C11H13N/c1-3-5-6-11-7-8-12-9-10(11)4-2/h3-9H,1-2H3/b5-3-,10-4-,11-6-. The summed E-state index contributed by atoms with van der Waals surface area (Å²) in [4.78, 5) is 4.05.